The third-order valence-corrected chi connectivity index (χ3v) is 5.62. The van der Waals surface area contributed by atoms with E-state index in [1.807, 2.05) is 0 Å². The second-order valence-electron chi connectivity index (χ2n) is 4.94. The Morgan fingerprint density at radius 3 is 2.16 bits per heavy atom. The predicted molar refractivity (Wildman–Crippen MR) is 69.8 cm³/mol. The molecule has 0 saturated carbocycles. The van der Waals surface area contributed by atoms with E-state index in [4.69, 9.17) is 10.0 Å². The van der Waals surface area contributed by atoms with Crippen molar-refractivity contribution in [3.05, 3.63) is 29.8 Å². The van der Waals surface area contributed by atoms with Gasteiger partial charge in [0.2, 0.25) is 0 Å². The summed E-state index contributed by atoms with van der Waals surface area (Å²) in [6, 6.07) is 6.07. The summed E-state index contributed by atoms with van der Waals surface area (Å²) < 4.78 is 23.2. The lowest BCUT2D eigenvalue weighted by Gasteiger charge is -2.43. The van der Waals surface area contributed by atoms with E-state index in [-0.39, 0.29) is 6.54 Å². The van der Waals surface area contributed by atoms with Crippen molar-refractivity contribution in [2.45, 2.75) is 25.1 Å². The van der Waals surface area contributed by atoms with Crippen LogP contribution in [0.25, 0.3) is 0 Å². The van der Waals surface area contributed by atoms with Gasteiger partial charge in [-0.25, -0.2) is 12.7 Å². The molecule has 0 radical (unpaired) electrons. The third-order valence-electron chi connectivity index (χ3n) is 3.28. The van der Waals surface area contributed by atoms with E-state index in [2.05, 4.69) is 0 Å². The monoisotopic (exact) mass is 283 g/mol. The van der Waals surface area contributed by atoms with Crippen molar-refractivity contribution < 1.29 is 23.3 Å². The smallest absolute Gasteiger partial charge is 0.423 e. The van der Waals surface area contributed by atoms with Gasteiger partial charge in [0.25, 0.3) is 15.9 Å². The largest absolute Gasteiger partial charge is 0.488 e. The van der Waals surface area contributed by atoms with Gasteiger partial charge in [-0.3, -0.25) is 4.79 Å². The fraction of sp³-hybridized carbons (Fsp3) is 0.364. The fourth-order valence-corrected chi connectivity index (χ4v) is 3.39. The Kier molecular flexibility index (Phi) is 3.20. The molecule has 1 fully saturated rings. The molecule has 0 aliphatic carbocycles. The van der Waals surface area contributed by atoms with E-state index in [0.29, 0.717) is 11.0 Å². The Morgan fingerprint density at radius 1 is 1.21 bits per heavy atom. The van der Waals surface area contributed by atoms with E-state index in [1.165, 1.54) is 26.0 Å². The van der Waals surface area contributed by atoms with Crippen molar-refractivity contribution in [2.24, 2.45) is 0 Å². The van der Waals surface area contributed by atoms with Crippen molar-refractivity contribution in [3.63, 3.8) is 0 Å². The average molecular weight is 283 g/mol. The van der Waals surface area contributed by atoms with Gasteiger partial charge in [0.05, 0.1) is 6.54 Å². The molecule has 0 aromatic heterocycles. The summed E-state index contributed by atoms with van der Waals surface area (Å²) >= 11 is 0. The summed E-state index contributed by atoms with van der Waals surface area (Å²) in [5, 5.41) is 17.9. The minimum atomic E-state index is -3.59. The number of rotatable bonds is 3. The van der Waals surface area contributed by atoms with E-state index in [9.17, 15) is 13.2 Å². The number of sulfonamides is 1. The molecule has 0 atom stereocenters. The molecular formula is C11H14BNO5S. The Labute approximate surface area is 111 Å². The SMILES string of the molecule is CC1(C)C(=O)N(Cc2ccc(B(O)O)cc2)S1(=O)=O. The maximum atomic E-state index is 11.9. The summed E-state index contributed by atoms with van der Waals surface area (Å²) in [5.41, 5.74) is 0.915. The molecule has 1 heterocycles. The van der Waals surface area contributed by atoms with Crippen LogP contribution in [0.4, 0.5) is 0 Å². The van der Waals surface area contributed by atoms with Gasteiger partial charge in [0, 0.05) is 0 Å². The number of benzene rings is 1. The minimum Gasteiger partial charge on any atom is -0.423 e. The van der Waals surface area contributed by atoms with Gasteiger partial charge < -0.3 is 10.0 Å². The minimum absolute atomic E-state index is 0.0353. The summed E-state index contributed by atoms with van der Waals surface area (Å²) in [6.45, 7) is 2.73. The van der Waals surface area contributed by atoms with Crippen LogP contribution in [0.2, 0.25) is 0 Å². The van der Waals surface area contributed by atoms with Gasteiger partial charge in [-0.15, -0.1) is 0 Å². The van der Waals surface area contributed by atoms with Crippen LogP contribution in [-0.2, 0) is 21.4 Å². The quantitative estimate of drug-likeness (QED) is 0.681. The zero-order valence-electron chi connectivity index (χ0n) is 10.6. The molecule has 8 heteroatoms. The lowest BCUT2D eigenvalue weighted by Crippen LogP contribution is -2.66. The molecule has 1 saturated heterocycles. The van der Waals surface area contributed by atoms with E-state index in [0.717, 1.165) is 4.31 Å². The first-order valence-corrected chi connectivity index (χ1v) is 7.13. The molecular weight excluding hydrogens is 269 g/mol. The van der Waals surface area contributed by atoms with Crippen LogP contribution >= 0.6 is 0 Å². The second-order valence-corrected chi connectivity index (χ2v) is 7.35. The topological polar surface area (TPSA) is 94.9 Å². The number of carbonyl (C=O) groups excluding carboxylic acids is 1. The molecule has 2 rings (SSSR count). The van der Waals surface area contributed by atoms with E-state index in [1.54, 1.807) is 12.1 Å². The number of nitrogens with zero attached hydrogens (tertiary/aromatic N) is 1. The average Bonchev–Trinajstić information content (AvgIpc) is 2.35. The molecule has 1 aromatic carbocycles. The van der Waals surface area contributed by atoms with Crippen LogP contribution in [0.5, 0.6) is 0 Å². The standard InChI is InChI=1S/C11H14BNO5S/c1-11(2)10(14)13(19(11,17)18)7-8-3-5-9(6-4-8)12(15)16/h3-6,15-16H,7H2,1-2H3. The molecule has 102 valence electrons. The van der Waals surface area contributed by atoms with Crippen molar-refractivity contribution >= 4 is 28.5 Å². The van der Waals surface area contributed by atoms with Gasteiger partial charge in [-0.2, -0.15) is 0 Å². The van der Waals surface area contributed by atoms with Crippen LogP contribution in [-0.4, -0.2) is 40.5 Å². The summed E-state index contributed by atoms with van der Waals surface area (Å²) in [6.07, 6.45) is 0. The summed E-state index contributed by atoms with van der Waals surface area (Å²) in [5.74, 6) is -0.432. The first-order chi connectivity index (χ1) is 8.68. The highest BCUT2D eigenvalue weighted by Crippen LogP contribution is 2.35. The fourth-order valence-electron chi connectivity index (χ4n) is 1.87. The number of hydrogen-bond donors (Lipinski definition) is 2. The summed E-state index contributed by atoms with van der Waals surface area (Å²) in [7, 11) is -5.16. The second kappa shape index (κ2) is 4.33. The first-order valence-electron chi connectivity index (χ1n) is 5.69. The zero-order valence-corrected chi connectivity index (χ0v) is 11.4. The molecule has 2 N–H and O–H groups in total. The highest BCUT2D eigenvalue weighted by Gasteiger charge is 2.59. The summed E-state index contributed by atoms with van der Waals surface area (Å²) in [4.78, 5) is 11.7. The van der Waals surface area contributed by atoms with Crippen molar-refractivity contribution in [1.29, 1.82) is 0 Å². The first kappa shape index (κ1) is 14.0. The van der Waals surface area contributed by atoms with Gasteiger partial charge in [-0.1, -0.05) is 24.3 Å². The van der Waals surface area contributed by atoms with Crippen molar-refractivity contribution in [3.8, 4) is 0 Å². The molecule has 19 heavy (non-hydrogen) atoms. The van der Waals surface area contributed by atoms with Crippen LogP contribution in [0, 0.1) is 0 Å². The zero-order chi connectivity index (χ0) is 14.4. The lowest BCUT2D eigenvalue weighted by molar-refractivity contribution is -0.132. The van der Waals surface area contributed by atoms with E-state index < -0.39 is 27.8 Å². The van der Waals surface area contributed by atoms with Crippen LogP contribution in [0.1, 0.15) is 19.4 Å². The van der Waals surface area contributed by atoms with Crippen LogP contribution in [0.15, 0.2) is 24.3 Å². The van der Waals surface area contributed by atoms with Gasteiger partial charge in [-0.05, 0) is 24.9 Å². The van der Waals surface area contributed by atoms with Crippen molar-refractivity contribution in [1.82, 2.24) is 4.31 Å². The van der Waals surface area contributed by atoms with Crippen LogP contribution < -0.4 is 5.46 Å². The third kappa shape index (κ3) is 2.05. The molecule has 1 amide bonds. The Balaban J connectivity index is 2.18. The Hall–Kier alpha value is -1.38. The molecule has 1 aliphatic rings. The maximum Gasteiger partial charge on any atom is 0.488 e. The predicted octanol–water partition coefficient (Wildman–Crippen LogP) is -1.18. The Morgan fingerprint density at radius 2 is 1.74 bits per heavy atom. The van der Waals surface area contributed by atoms with Gasteiger partial charge >= 0.3 is 7.12 Å². The van der Waals surface area contributed by atoms with Crippen molar-refractivity contribution in [2.75, 3.05) is 0 Å². The maximum absolute atomic E-state index is 11.9. The molecule has 0 bridgehead atoms. The van der Waals surface area contributed by atoms with Gasteiger partial charge in [0.15, 0.2) is 4.75 Å². The number of hydrogen-bond acceptors (Lipinski definition) is 5. The molecule has 1 aliphatic heterocycles. The highest BCUT2D eigenvalue weighted by atomic mass is 32.2. The van der Waals surface area contributed by atoms with Crippen LogP contribution in [0.3, 0.4) is 0 Å². The van der Waals surface area contributed by atoms with Gasteiger partial charge in [0.1, 0.15) is 0 Å². The molecule has 6 nitrogen and oxygen atoms in total. The molecule has 0 unspecified atom stereocenters. The lowest BCUT2D eigenvalue weighted by atomic mass is 9.80. The number of amides is 1. The Bertz CT molecular complexity index is 608. The normalized spacial score (nSPS) is 20.0. The van der Waals surface area contributed by atoms with E-state index >= 15 is 0 Å². The molecule has 0 spiro atoms. The number of carbonyl (C=O) groups is 1. The highest BCUT2D eigenvalue weighted by molar-refractivity contribution is 7.94. The molecule has 1 aromatic rings.